The number of aromatic nitrogens is 4. The number of aromatic amines is 1. The van der Waals surface area contributed by atoms with E-state index in [0.29, 0.717) is 5.76 Å². The fourth-order valence-corrected chi connectivity index (χ4v) is 2.12. The number of nitrogens with one attached hydrogen (secondary N) is 3. The number of hydrogen-bond donors (Lipinski definition) is 3. The lowest BCUT2D eigenvalue weighted by molar-refractivity contribution is -0.389. The summed E-state index contributed by atoms with van der Waals surface area (Å²) in [5.74, 6) is -1.10. The van der Waals surface area contributed by atoms with Crippen LogP contribution in [0, 0.1) is 10.1 Å². The molecule has 0 aliphatic rings. The molecule has 0 aliphatic heterocycles. The van der Waals surface area contributed by atoms with Gasteiger partial charge in [-0.2, -0.15) is 5.10 Å². The number of amides is 2. The van der Waals surface area contributed by atoms with E-state index >= 15 is 0 Å². The van der Waals surface area contributed by atoms with Gasteiger partial charge in [-0.25, -0.2) is 0 Å². The molecule has 0 spiro atoms. The van der Waals surface area contributed by atoms with E-state index in [-0.39, 0.29) is 23.6 Å². The second-order valence-corrected chi connectivity index (χ2v) is 5.18. The molecule has 0 aliphatic carbocycles. The van der Waals surface area contributed by atoms with E-state index in [0.717, 1.165) is 6.07 Å². The summed E-state index contributed by atoms with van der Waals surface area (Å²) in [4.78, 5) is 34.4. The summed E-state index contributed by atoms with van der Waals surface area (Å²) < 4.78 is 6.47. The number of aryl methyl sites for hydroxylation is 1. The van der Waals surface area contributed by atoms with Gasteiger partial charge in [-0.1, -0.05) is 5.10 Å². The number of carbonyl (C=O) groups excluding carboxylic acids is 2. The van der Waals surface area contributed by atoms with Gasteiger partial charge in [0, 0.05) is 13.2 Å². The van der Waals surface area contributed by atoms with Gasteiger partial charge in [0.05, 0.1) is 24.6 Å². The molecule has 3 N–H and O–H groups in total. The SMILES string of the molecule is Cn1cc(NC(=O)c2cc([N+](=O)[O-])[nH]n2)c(C(=O)NCc2ccco2)n1. The van der Waals surface area contributed by atoms with Gasteiger partial charge in [0.2, 0.25) is 0 Å². The molecule has 0 atom stereocenters. The van der Waals surface area contributed by atoms with Gasteiger partial charge in [-0.05, 0) is 17.1 Å². The molecule has 26 heavy (non-hydrogen) atoms. The van der Waals surface area contributed by atoms with E-state index in [9.17, 15) is 19.7 Å². The molecule has 3 heterocycles. The molecule has 134 valence electrons. The van der Waals surface area contributed by atoms with Crippen LogP contribution in [-0.4, -0.2) is 36.7 Å². The number of nitro groups is 1. The van der Waals surface area contributed by atoms with Gasteiger partial charge < -0.3 is 25.2 Å². The molecule has 0 fully saturated rings. The predicted octanol–water partition coefficient (Wildman–Crippen LogP) is 0.827. The minimum Gasteiger partial charge on any atom is -0.467 e. The zero-order chi connectivity index (χ0) is 18.7. The third-order valence-electron chi connectivity index (χ3n) is 3.29. The van der Waals surface area contributed by atoms with Crippen LogP contribution in [0.5, 0.6) is 0 Å². The molecule has 0 radical (unpaired) electrons. The summed E-state index contributed by atoms with van der Waals surface area (Å²) in [5, 5.41) is 25.4. The van der Waals surface area contributed by atoms with Crippen LogP contribution in [0.4, 0.5) is 11.5 Å². The first kappa shape index (κ1) is 16.9. The molecule has 2 amide bonds. The Hall–Kier alpha value is -3.96. The molecule has 3 rings (SSSR count). The Kier molecular flexibility index (Phi) is 4.47. The molecule has 3 aromatic rings. The third kappa shape index (κ3) is 3.58. The lowest BCUT2D eigenvalue weighted by atomic mass is 10.3. The highest BCUT2D eigenvalue weighted by Crippen LogP contribution is 2.16. The van der Waals surface area contributed by atoms with Crippen LogP contribution in [0.1, 0.15) is 26.7 Å². The second-order valence-electron chi connectivity index (χ2n) is 5.18. The number of hydrogen-bond acceptors (Lipinski definition) is 7. The Morgan fingerprint density at radius 2 is 2.23 bits per heavy atom. The molecule has 12 nitrogen and oxygen atoms in total. The minimum absolute atomic E-state index is 0.0163. The number of anilines is 1. The van der Waals surface area contributed by atoms with Crippen LogP contribution in [0.15, 0.2) is 35.1 Å². The molecule has 0 bridgehead atoms. The van der Waals surface area contributed by atoms with Gasteiger partial charge in [0.25, 0.3) is 11.8 Å². The van der Waals surface area contributed by atoms with Gasteiger partial charge in [0.1, 0.15) is 5.76 Å². The highest BCUT2D eigenvalue weighted by Gasteiger charge is 2.21. The van der Waals surface area contributed by atoms with Crippen molar-refractivity contribution in [3.05, 3.63) is 57.9 Å². The van der Waals surface area contributed by atoms with E-state index in [1.54, 1.807) is 19.2 Å². The van der Waals surface area contributed by atoms with Crippen molar-refractivity contribution in [1.29, 1.82) is 0 Å². The molecule has 0 saturated heterocycles. The zero-order valence-electron chi connectivity index (χ0n) is 13.4. The van der Waals surface area contributed by atoms with E-state index in [2.05, 4.69) is 25.9 Å². The maximum absolute atomic E-state index is 12.3. The summed E-state index contributed by atoms with van der Waals surface area (Å²) in [6.07, 6.45) is 2.91. The Balaban J connectivity index is 1.72. The molecule has 3 aromatic heterocycles. The lowest BCUT2D eigenvalue weighted by Crippen LogP contribution is -2.25. The van der Waals surface area contributed by atoms with E-state index in [1.807, 2.05) is 0 Å². The van der Waals surface area contributed by atoms with Crippen LogP contribution in [-0.2, 0) is 13.6 Å². The molecular formula is C14H13N7O5. The first-order valence-electron chi connectivity index (χ1n) is 7.29. The monoisotopic (exact) mass is 359 g/mol. The molecule has 0 unspecified atom stereocenters. The number of furan rings is 1. The van der Waals surface area contributed by atoms with Gasteiger partial charge in [-0.3, -0.25) is 14.3 Å². The summed E-state index contributed by atoms with van der Waals surface area (Å²) in [5.41, 5.74) is -0.0694. The lowest BCUT2D eigenvalue weighted by Gasteiger charge is -2.04. The Labute approximate surface area is 145 Å². The summed E-state index contributed by atoms with van der Waals surface area (Å²) >= 11 is 0. The van der Waals surface area contributed by atoms with Crippen LogP contribution in [0.3, 0.4) is 0 Å². The standard InChI is InChI=1S/C14H13N7O5/c1-20-7-10(16-13(22)9-5-11(18-17-9)21(24)25)12(19-20)14(23)15-6-8-3-2-4-26-8/h2-5,7H,6H2,1H3,(H,15,23)(H,16,22)(H,17,18). The van der Waals surface area contributed by atoms with E-state index < -0.39 is 22.6 Å². The van der Waals surface area contributed by atoms with Crippen molar-refractivity contribution in [2.24, 2.45) is 7.05 Å². The van der Waals surface area contributed by atoms with Gasteiger partial charge in [-0.15, -0.1) is 5.10 Å². The summed E-state index contributed by atoms with van der Waals surface area (Å²) in [6.45, 7) is 0.154. The van der Waals surface area contributed by atoms with Crippen molar-refractivity contribution in [3.8, 4) is 0 Å². The number of rotatable bonds is 6. The van der Waals surface area contributed by atoms with Crippen molar-refractivity contribution in [2.75, 3.05) is 5.32 Å². The number of nitrogens with zero attached hydrogens (tertiary/aromatic N) is 4. The highest BCUT2D eigenvalue weighted by molar-refractivity contribution is 6.07. The van der Waals surface area contributed by atoms with Crippen LogP contribution in [0.25, 0.3) is 0 Å². The Bertz CT molecular complexity index is 956. The average molecular weight is 359 g/mol. The second kappa shape index (κ2) is 6.88. The summed E-state index contributed by atoms with van der Waals surface area (Å²) in [7, 11) is 1.58. The molecule has 0 saturated carbocycles. The Morgan fingerprint density at radius 1 is 1.42 bits per heavy atom. The number of H-pyrrole nitrogens is 1. The average Bonchev–Trinajstić information content (AvgIpc) is 3.33. The minimum atomic E-state index is -0.720. The van der Waals surface area contributed by atoms with Crippen molar-refractivity contribution in [3.63, 3.8) is 0 Å². The van der Waals surface area contributed by atoms with E-state index in [1.165, 1.54) is 17.1 Å². The van der Waals surface area contributed by atoms with Gasteiger partial charge in [0.15, 0.2) is 11.4 Å². The fourth-order valence-electron chi connectivity index (χ4n) is 2.12. The number of carbonyl (C=O) groups is 2. The zero-order valence-corrected chi connectivity index (χ0v) is 13.4. The quantitative estimate of drug-likeness (QED) is 0.433. The maximum Gasteiger partial charge on any atom is 0.343 e. The van der Waals surface area contributed by atoms with Crippen molar-refractivity contribution in [2.45, 2.75) is 6.54 Å². The van der Waals surface area contributed by atoms with Crippen molar-refractivity contribution < 1.29 is 18.9 Å². The topological polar surface area (TPSA) is 161 Å². The van der Waals surface area contributed by atoms with Crippen LogP contribution < -0.4 is 10.6 Å². The van der Waals surface area contributed by atoms with Gasteiger partial charge >= 0.3 is 5.82 Å². The molecular weight excluding hydrogens is 346 g/mol. The van der Waals surface area contributed by atoms with E-state index in [4.69, 9.17) is 4.42 Å². The largest absolute Gasteiger partial charge is 0.467 e. The normalized spacial score (nSPS) is 10.5. The summed E-state index contributed by atoms with van der Waals surface area (Å²) in [6, 6.07) is 4.38. The highest BCUT2D eigenvalue weighted by atomic mass is 16.6. The van der Waals surface area contributed by atoms with Crippen LogP contribution in [0.2, 0.25) is 0 Å². The van der Waals surface area contributed by atoms with Crippen LogP contribution >= 0.6 is 0 Å². The first-order valence-corrected chi connectivity index (χ1v) is 7.29. The first-order chi connectivity index (χ1) is 12.4. The predicted molar refractivity (Wildman–Crippen MR) is 86.3 cm³/mol. The van der Waals surface area contributed by atoms with Crippen molar-refractivity contribution in [1.82, 2.24) is 25.3 Å². The molecule has 0 aromatic carbocycles. The van der Waals surface area contributed by atoms with Crippen molar-refractivity contribution >= 4 is 23.3 Å². The molecule has 12 heteroatoms. The maximum atomic E-state index is 12.3. The smallest absolute Gasteiger partial charge is 0.343 e. The third-order valence-corrected chi connectivity index (χ3v) is 3.29. The fraction of sp³-hybridized carbons (Fsp3) is 0.143. The Morgan fingerprint density at radius 3 is 2.88 bits per heavy atom.